The van der Waals surface area contributed by atoms with E-state index >= 15 is 0 Å². The quantitative estimate of drug-likeness (QED) is 0.771. The normalized spacial score (nSPS) is 11.1. The van der Waals surface area contributed by atoms with Crippen LogP contribution in [-0.4, -0.2) is 18.4 Å². The van der Waals surface area contributed by atoms with Gasteiger partial charge >= 0.3 is 0 Å². The monoisotopic (exact) mass is 385 g/mol. The minimum absolute atomic E-state index is 0.140. The molecule has 2 rings (SSSR count). The van der Waals surface area contributed by atoms with Crippen molar-refractivity contribution in [3.63, 3.8) is 0 Å². The van der Waals surface area contributed by atoms with Gasteiger partial charge in [-0.25, -0.2) is 8.42 Å². The van der Waals surface area contributed by atoms with E-state index in [9.17, 15) is 8.42 Å². The van der Waals surface area contributed by atoms with Crippen LogP contribution in [0.25, 0.3) is 0 Å². The smallest absolute Gasteiger partial charge is 0.236 e. The molecular weight excluding hydrogens is 374 g/mol. The standard InChI is InChI=1S/C13H12BrN3O2S2/c14-11-7-16-6-5-12(11)17-21(18,19)8-9-1-3-10(4-2-9)13(15)20/h1-7H,8H2,(H2,15,20)(H,16,17). The summed E-state index contributed by atoms with van der Waals surface area (Å²) in [5.74, 6) is -0.140. The van der Waals surface area contributed by atoms with Crippen LogP contribution in [0, 0.1) is 0 Å². The van der Waals surface area contributed by atoms with Crippen LogP contribution >= 0.6 is 28.1 Å². The highest BCUT2D eigenvalue weighted by Crippen LogP contribution is 2.22. The average molecular weight is 386 g/mol. The largest absolute Gasteiger partial charge is 0.389 e. The molecule has 0 aliphatic heterocycles. The van der Waals surface area contributed by atoms with E-state index in [0.717, 1.165) is 0 Å². The molecule has 0 aliphatic carbocycles. The number of anilines is 1. The third-order valence-electron chi connectivity index (χ3n) is 2.63. The number of nitrogens with zero attached hydrogens (tertiary/aromatic N) is 1. The molecule has 110 valence electrons. The Hall–Kier alpha value is -1.51. The molecule has 0 saturated heterocycles. The molecule has 1 aromatic heterocycles. The molecule has 2 aromatic rings. The van der Waals surface area contributed by atoms with Crippen molar-refractivity contribution in [3.05, 3.63) is 58.3 Å². The minimum atomic E-state index is -3.52. The summed E-state index contributed by atoms with van der Waals surface area (Å²) in [5.41, 5.74) is 7.30. The number of aromatic nitrogens is 1. The number of rotatable bonds is 5. The Kier molecular flexibility index (Phi) is 4.92. The summed E-state index contributed by atoms with van der Waals surface area (Å²) >= 11 is 8.09. The number of benzene rings is 1. The molecule has 0 saturated carbocycles. The van der Waals surface area contributed by atoms with Crippen LogP contribution in [0.4, 0.5) is 5.69 Å². The fraction of sp³-hybridized carbons (Fsp3) is 0.0769. The number of sulfonamides is 1. The molecule has 0 fully saturated rings. The summed E-state index contributed by atoms with van der Waals surface area (Å²) in [4.78, 5) is 4.16. The van der Waals surface area contributed by atoms with Crippen molar-refractivity contribution in [2.24, 2.45) is 5.73 Å². The van der Waals surface area contributed by atoms with Gasteiger partial charge in [-0.2, -0.15) is 0 Å². The third kappa shape index (κ3) is 4.48. The third-order valence-corrected chi connectivity index (χ3v) is 4.74. The van der Waals surface area contributed by atoms with Gasteiger partial charge in [-0.15, -0.1) is 0 Å². The molecule has 0 bridgehead atoms. The van der Waals surface area contributed by atoms with Crippen LogP contribution in [0.15, 0.2) is 47.2 Å². The lowest BCUT2D eigenvalue weighted by Crippen LogP contribution is -2.15. The first kappa shape index (κ1) is 15.9. The molecular formula is C13H12BrN3O2S2. The molecule has 5 nitrogen and oxygen atoms in total. The second kappa shape index (κ2) is 6.50. The Morgan fingerprint density at radius 2 is 1.95 bits per heavy atom. The maximum absolute atomic E-state index is 12.1. The Labute approximate surface area is 136 Å². The molecule has 1 aromatic carbocycles. The molecule has 0 radical (unpaired) electrons. The molecule has 0 unspecified atom stereocenters. The van der Waals surface area contributed by atoms with Gasteiger partial charge < -0.3 is 5.73 Å². The van der Waals surface area contributed by atoms with E-state index in [1.807, 2.05) is 0 Å². The number of nitrogens with two attached hydrogens (primary N) is 1. The Balaban J connectivity index is 2.14. The highest BCUT2D eigenvalue weighted by molar-refractivity contribution is 9.10. The zero-order chi connectivity index (χ0) is 15.5. The predicted octanol–water partition coefficient (Wildman–Crippen LogP) is 2.42. The summed E-state index contributed by atoms with van der Waals surface area (Å²) < 4.78 is 27.4. The maximum Gasteiger partial charge on any atom is 0.236 e. The van der Waals surface area contributed by atoms with Gasteiger partial charge in [-0.05, 0) is 27.6 Å². The fourth-order valence-electron chi connectivity index (χ4n) is 1.65. The Morgan fingerprint density at radius 3 is 2.52 bits per heavy atom. The summed E-state index contributed by atoms with van der Waals surface area (Å²) in [5, 5.41) is 0. The highest BCUT2D eigenvalue weighted by Gasteiger charge is 2.13. The van der Waals surface area contributed by atoms with Crippen LogP contribution in [0.5, 0.6) is 0 Å². The summed E-state index contributed by atoms with van der Waals surface area (Å²) in [6.45, 7) is 0. The minimum Gasteiger partial charge on any atom is -0.389 e. The van der Waals surface area contributed by atoms with Crippen LogP contribution in [-0.2, 0) is 15.8 Å². The second-order valence-electron chi connectivity index (χ2n) is 4.28. The van der Waals surface area contributed by atoms with E-state index in [4.69, 9.17) is 18.0 Å². The van der Waals surface area contributed by atoms with E-state index in [-0.39, 0.29) is 10.7 Å². The molecule has 21 heavy (non-hydrogen) atoms. The van der Waals surface area contributed by atoms with Crippen molar-refractivity contribution >= 4 is 48.8 Å². The van der Waals surface area contributed by atoms with Crippen LogP contribution in [0.2, 0.25) is 0 Å². The van der Waals surface area contributed by atoms with Crippen molar-refractivity contribution in [3.8, 4) is 0 Å². The van der Waals surface area contributed by atoms with E-state index in [0.29, 0.717) is 21.3 Å². The van der Waals surface area contributed by atoms with Gasteiger partial charge in [0.15, 0.2) is 0 Å². The van der Waals surface area contributed by atoms with Gasteiger partial charge in [0.25, 0.3) is 0 Å². The lowest BCUT2D eigenvalue weighted by molar-refractivity contribution is 0.600. The lowest BCUT2D eigenvalue weighted by Gasteiger charge is -2.09. The summed E-state index contributed by atoms with van der Waals surface area (Å²) in [6.07, 6.45) is 3.04. The Bertz CT molecular complexity index is 761. The first-order chi connectivity index (χ1) is 9.87. The molecule has 0 aliphatic rings. The molecule has 0 spiro atoms. The summed E-state index contributed by atoms with van der Waals surface area (Å²) in [7, 11) is -3.52. The summed E-state index contributed by atoms with van der Waals surface area (Å²) in [6, 6.07) is 8.37. The van der Waals surface area contributed by atoms with Crippen LogP contribution in [0.1, 0.15) is 11.1 Å². The number of thiocarbonyl (C=S) groups is 1. The average Bonchev–Trinajstić information content (AvgIpc) is 2.41. The molecule has 0 atom stereocenters. The zero-order valence-electron chi connectivity index (χ0n) is 10.8. The first-order valence-corrected chi connectivity index (χ1v) is 8.71. The maximum atomic E-state index is 12.1. The van der Waals surface area contributed by atoms with Gasteiger partial charge in [0.05, 0.1) is 15.9 Å². The molecule has 1 heterocycles. The van der Waals surface area contributed by atoms with Crippen LogP contribution < -0.4 is 10.5 Å². The van der Waals surface area contributed by atoms with Crippen LogP contribution in [0.3, 0.4) is 0 Å². The zero-order valence-corrected chi connectivity index (χ0v) is 14.0. The van der Waals surface area contributed by atoms with E-state index < -0.39 is 10.0 Å². The number of pyridine rings is 1. The van der Waals surface area contributed by atoms with Gasteiger partial charge in [-0.3, -0.25) is 9.71 Å². The van der Waals surface area contributed by atoms with Gasteiger partial charge in [0, 0.05) is 18.0 Å². The molecule has 0 amide bonds. The predicted molar refractivity (Wildman–Crippen MR) is 90.5 cm³/mol. The highest BCUT2D eigenvalue weighted by atomic mass is 79.9. The van der Waals surface area contributed by atoms with E-state index in [1.165, 1.54) is 12.4 Å². The van der Waals surface area contributed by atoms with Crippen molar-refractivity contribution in [1.82, 2.24) is 4.98 Å². The molecule has 8 heteroatoms. The Morgan fingerprint density at radius 1 is 1.29 bits per heavy atom. The number of hydrogen-bond acceptors (Lipinski definition) is 4. The van der Waals surface area contributed by atoms with Crippen molar-refractivity contribution in [2.45, 2.75) is 5.75 Å². The topological polar surface area (TPSA) is 85.1 Å². The first-order valence-electron chi connectivity index (χ1n) is 5.86. The van der Waals surface area contributed by atoms with Gasteiger partial charge in [-0.1, -0.05) is 36.5 Å². The molecule has 3 N–H and O–H groups in total. The van der Waals surface area contributed by atoms with E-state index in [2.05, 4.69) is 25.6 Å². The van der Waals surface area contributed by atoms with E-state index in [1.54, 1.807) is 30.3 Å². The van der Waals surface area contributed by atoms with Crippen molar-refractivity contribution < 1.29 is 8.42 Å². The van der Waals surface area contributed by atoms with Crippen molar-refractivity contribution in [1.29, 1.82) is 0 Å². The lowest BCUT2D eigenvalue weighted by atomic mass is 10.1. The fourth-order valence-corrected chi connectivity index (χ4v) is 3.48. The van der Waals surface area contributed by atoms with Gasteiger partial charge in [0.1, 0.15) is 4.99 Å². The second-order valence-corrected chi connectivity index (χ2v) is 7.29. The number of halogens is 1. The SMILES string of the molecule is NC(=S)c1ccc(CS(=O)(=O)Nc2ccncc2Br)cc1. The number of nitrogens with one attached hydrogen (secondary N) is 1. The van der Waals surface area contributed by atoms with Gasteiger partial charge in [0.2, 0.25) is 10.0 Å². The van der Waals surface area contributed by atoms with Crippen molar-refractivity contribution in [2.75, 3.05) is 4.72 Å². The number of hydrogen-bond donors (Lipinski definition) is 2.